The van der Waals surface area contributed by atoms with Crippen LogP contribution < -0.4 is 0 Å². The molecule has 0 aromatic heterocycles. The molecule has 7 aliphatic rings. The number of hydrogen-bond acceptors (Lipinski definition) is 1. The summed E-state index contributed by atoms with van der Waals surface area (Å²) < 4.78 is 0. The smallest absolute Gasteiger partial charge is 0.0552 e. The van der Waals surface area contributed by atoms with Crippen molar-refractivity contribution in [2.75, 3.05) is 0 Å². The van der Waals surface area contributed by atoms with Crippen molar-refractivity contribution in [2.24, 2.45) is 46.5 Å². The summed E-state index contributed by atoms with van der Waals surface area (Å²) in [5, 5.41) is 4.44. The molecular formula is C14H19N3. The molecule has 0 aromatic rings. The van der Waals surface area contributed by atoms with Crippen LogP contribution in [0.25, 0.3) is 10.4 Å². The molecule has 17 heavy (non-hydrogen) atoms. The van der Waals surface area contributed by atoms with Gasteiger partial charge in [0, 0.05) is 4.91 Å². The van der Waals surface area contributed by atoms with Gasteiger partial charge in [-0.25, -0.2) is 0 Å². The van der Waals surface area contributed by atoms with Crippen LogP contribution in [0.4, 0.5) is 0 Å². The maximum atomic E-state index is 9.02. The number of nitrogens with zero attached hydrogens (tertiary/aromatic N) is 3. The highest BCUT2D eigenvalue weighted by Crippen LogP contribution is 2.73. The second kappa shape index (κ2) is 2.66. The molecule has 0 N–H and O–H groups in total. The molecule has 7 aliphatic carbocycles. The van der Waals surface area contributed by atoms with E-state index < -0.39 is 0 Å². The fourth-order valence-electron chi connectivity index (χ4n) is 7.18. The van der Waals surface area contributed by atoms with E-state index in [4.69, 9.17) is 5.53 Å². The van der Waals surface area contributed by atoms with E-state index in [1.807, 2.05) is 0 Å². The van der Waals surface area contributed by atoms with Gasteiger partial charge in [0.2, 0.25) is 0 Å². The van der Waals surface area contributed by atoms with Crippen LogP contribution >= 0.6 is 0 Å². The van der Waals surface area contributed by atoms with Crippen LogP contribution in [0.2, 0.25) is 0 Å². The minimum Gasteiger partial charge on any atom is -0.0867 e. The third kappa shape index (κ3) is 0.855. The fraction of sp³-hybridized carbons (Fsp3) is 1.00. The Morgan fingerprint density at radius 2 is 1.53 bits per heavy atom. The second-order valence-electron chi connectivity index (χ2n) is 7.50. The predicted octanol–water partition coefficient (Wildman–Crippen LogP) is 3.76. The summed E-state index contributed by atoms with van der Waals surface area (Å²) in [5.41, 5.74) is 9.10. The fourth-order valence-corrected chi connectivity index (χ4v) is 7.18. The average molecular weight is 229 g/mol. The molecule has 0 amide bonds. The molecule has 0 spiro atoms. The Kier molecular flexibility index (Phi) is 1.45. The minimum atomic E-state index is 0.0820. The van der Waals surface area contributed by atoms with Crippen molar-refractivity contribution >= 4 is 0 Å². The first-order valence-electron chi connectivity index (χ1n) is 7.38. The van der Waals surface area contributed by atoms with Crippen molar-refractivity contribution in [3.63, 3.8) is 0 Å². The lowest BCUT2D eigenvalue weighted by Gasteiger charge is -2.73. The average Bonchev–Trinajstić information content (AvgIpc) is 2.35. The third-order valence-electron chi connectivity index (χ3n) is 7.26. The summed E-state index contributed by atoms with van der Waals surface area (Å²) in [6.45, 7) is 0. The Labute approximate surface area is 102 Å². The van der Waals surface area contributed by atoms with Gasteiger partial charge in [-0.15, -0.1) is 0 Å². The number of rotatable bonds is 1. The van der Waals surface area contributed by atoms with Gasteiger partial charge >= 0.3 is 0 Å². The number of hydrogen-bond donors (Lipinski definition) is 0. The molecule has 8 bridgehead atoms. The van der Waals surface area contributed by atoms with E-state index in [0.29, 0.717) is 0 Å². The summed E-state index contributed by atoms with van der Waals surface area (Å²) >= 11 is 0. The highest BCUT2D eigenvalue weighted by Gasteiger charge is 2.69. The molecule has 3 nitrogen and oxygen atoms in total. The molecule has 0 aromatic carbocycles. The van der Waals surface area contributed by atoms with Crippen LogP contribution in [0.3, 0.4) is 0 Å². The molecule has 90 valence electrons. The van der Waals surface area contributed by atoms with E-state index in [0.717, 1.165) is 41.4 Å². The summed E-state index contributed by atoms with van der Waals surface area (Å²) in [6.07, 6.45) is 8.45. The lowest BCUT2D eigenvalue weighted by molar-refractivity contribution is -0.214. The molecule has 7 rings (SSSR count). The quantitative estimate of drug-likeness (QED) is 0.373. The number of azide groups is 1. The molecule has 8 atom stereocenters. The van der Waals surface area contributed by atoms with E-state index in [1.165, 1.54) is 38.5 Å². The van der Waals surface area contributed by atoms with Crippen molar-refractivity contribution in [1.82, 2.24) is 0 Å². The van der Waals surface area contributed by atoms with Gasteiger partial charge in [0.25, 0.3) is 0 Å². The molecule has 0 aliphatic heterocycles. The van der Waals surface area contributed by atoms with Gasteiger partial charge in [-0.1, -0.05) is 5.11 Å². The van der Waals surface area contributed by atoms with Crippen LogP contribution in [0.5, 0.6) is 0 Å². The van der Waals surface area contributed by atoms with Crippen LogP contribution in [0, 0.1) is 41.4 Å². The predicted molar refractivity (Wildman–Crippen MR) is 64.0 cm³/mol. The minimum absolute atomic E-state index is 0.0820. The SMILES string of the molecule is [N-]=[N+]=NC12CC3CC4C5CC(CC41)CC2[C@@H]5C3. The highest BCUT2D eigenvalue weighted by atomic mass is 15.2. The van der Waals surface area contributed by atoms with Crippen molar-refractivity contribution < 1.29 is 0 Å². The summed E-state index contributed by atoms with van der Waals surface area (Å²) in [6, 6.07) is 0. The van der Waals surface area contributed by atoms with E-state index in [9.17, 15) is 0 Å². The monoisotopic (exact) mass is 229 g/mol. The molecule has 0 heterocycles. The van der Waals surface area contributed by atoms with E-state index >= 15 is 0 Å². The molecule has 7 unspecified atom stereocenters. The Morgan fingerprint density at radius 1 is 0.882 bits per heavy atom. The first kappa shape index (κ1) is 9.27. The molecule has 7 saturated carbocycles. The summed E-state index contributed by atoms with van der Waals surface area (Å²) in [7, 11) is 0. The largest absolute Gasteiger partial charge is 0.0867 e. The van der Waals surface area contributed by atoms with Crippen molar-refractivity contribution in [3.05, 3.63) is 10.4 Å². The van der Waals surface area contributed by atoms with E-state index in [2.05, 4.69) is 10.0 Å². The maximum Gasteiger partial charge on any atom is 0.0552 e. The van der Waals surface area contributed by atoms with Gasteiger partial charge < -0.3 is 0 Å². The lowest BCUT2D eigenvalue weighted by Crippen LogP contribution is -2.70. The van der Waals surface area contributed by atoms with E-state index in [1.54, 1.807) is 0 Å². The van der Waals surface area contributed by atoms with Gasteiger partial charge in [-0.2, -0.15) is 0 Å². The van der Waals surface area contributed by atoms with Crippen molar-refractivity contribution in [2.45, 2.75) is 44.1 Å². The highest BCUT2D eigenvalue weighted by molar-refractivity contribution is 5.22. The Morgan fingerprint density at radius 3 is 2.18 bits per heavy atom. The van der Waals surface area contributed by atoms with E-state index in [-0.39, 0.29) is 5.54 Å². The van der Waals surface area contributed by atoms with Gasteiger partial charge in [0.15, 0.2) is 0 Å². The van der Waals surface area contributed by atoms with Crippen LogP contribution in [-0.2, 0) is 0 Å². The van der Waals surface area contributed by atoms with Crippen LogP contribution in [-0.4, -0.2) is 5.54 Å². The molecule has 7 fully saturated rings. The lowest BCUT2D eigenvalue weighted by atomic mass is 9.33. The first-order valence-corrected chi connectivity index (χ1v) is 7.38. The zero-order chi connectivity index (χ0) is 11.2. The Bertz CT molecular complexity index is 415. The maximum absolute atomic E-state index is 9.02. The van der Waals surface area contributed by atoms with Gasteiger partial charge in [0.1, 0.15) is 0 Å². The van der Waals surface area contributed by atoms with Gasteiger partial charge in [-0.05, 0) is 85.5 Å². The van der Waals surface area contributed by atoms with Gasteiger partial charge in [0.05, 0.1) is 5.54 Å². The zero-order valence-electron chi connectivity index (χ0n) is 10.1. The normalized spacial score (nSPS) is 65.1. The third-order valence-corrected chi connectivity index (χ3v) is 7.26. The second-order valence-corrected chi connectivity index (χ2v) is 7.50. The van der Waals surface area contributed by atoms with Crippen LogP contribution in [0.15, 0.2) is 5.11 Å². The van der Waals surface area contributed by atoms with Crippen molar-refractivity contribution in [1.29, 1.82) is 0 Å². The van der Waals surface area contributed by atoms with Gasteiger partial charge in [-0.3, -0.25) is 0 Å². The van der Waals surface area contributed by atoms with Crippen LogP contribution in [0.1, 0.15) is 38.5 Å². The topological polar surface area (TPSA) is 48.8 Å². The molecule has 0 saturated heterocycles. The van der Waals surface area contributed by atoms with Crippen molar-refractivity contribution in [3.8, 4) is 0 Å². The molecular weight excluding hydrogens is 210 g/mol. The molecule has 3 heteroatoms. The standard InChI is InChI=1S/C14H19N3/c15-17-16-14-6-8-2-10-9-1-7(4-12(10)14)5-13(14)11(9)3-8/h7-13H,1-6H2/t7?,8?,9?,10-,11?,12?,13?,14?/m1/s1. The Hall–Kier alpha value is -0.690. The first-order chi connectivity index (χ1) is 8.32. The Balaban J connectivity index is 1.73. The summed E-state index contributed by atoms with van der Waals surface area (Å²) in [4.78, 5) is 3.27. The molecule has 0 radical (unpaired) electrons. The zero-order valence-corrected chi connectivity index (χ0v) is 10.1. The summed E-state index contributed by atoms with van der Waals surface area (Å²) in [5.74, 6) is 6.32.